The number of benzene rings is 1. The highest BCUT2D eigenvalue weighted by atomic mass is 32.2. The summed E-state index contributed by atoms with van der Waals surface area (Å²) in [5.74, 6) is 0.562. The lowest BCUT2D eigenvalue weighted by Gasteiger charge is -2.06. The van der Waals surface area contributed by atoms with E-state index in [4.69, 9.17) is 5.73 Å². The highest BCUT2D eigenvalue weighted by molar-refractivity contribution is 7.99. The van der Waals surface area contributed by atoms with Gasteiger partial charge in [-0.05, 0) is 31.4 Å². The van der Waals surface area contributed by atoms with Gasteiger partial charge < -0.3 is 11.1 Å². The summed E-state index contributed by atoms with van der Waals surface area (Å²) in [6, 6.07) is 9.41. The zero-order chi connectivity index (χ0) is 15.2. The number of aryl methyl sites for hydroxylation is 1. The zero-order valence-electron chi connectivity index (χ0n) is 11.8. The largest absolute Gasteiger partial charge is 0.384 e. The van der Waals surface area contributed by atoms with E-state index in [1.807, 2.05) is 37.4 Å². The normalized spacial score (nSPS) is 10.4. The summed E-state index contributed by atoms with van der Waals surface area (Å²) in [5.41, 5.74) is 7.23. The van der Waals surface area contributed by atoms with E-state index in [1.54, 1.807) is 17.8 Å². The van der Waals surface area contributed by atoms with Crippen LogP contribution in [-0.2, 0) is 4.79 Å². The van der Waals surface area contributed by atoms with Gasteiger partial charge >= 0.3 is 0 Å². The summed E-state index contributed by atoms with van der Waals surface area (Å²) in [7, 11) is 0. The summed E-state index contributed by atoms with van der Waals surface area (Å²) < 4.78 is 0. The van der Waals surface area contributed by atoms with Crippen LogP contribution in [0.25, 0.3) is 0 Å². The van der Waals surface area contributed by atoms with Crippen molar-refractivity contribution in [3.63, 3.8) is 0 Å². The summed E-state index contributed by atoms with van der Waals surface area (Å²) in [5, 5.41) is 3.37. The average Bonchev–Trinajstić information content (AvgIpc) is 2.44. The summed E-state index contributed by atoms with van der Waals surface area (Å²) in [6.45, 7) is 1.84. The second-order valence-corrected chi connectivity index (χ2v) is 6.11. The number of nitrogens with one attached hydrogen (secondary N) is 1. The van der Waals surface area contributed by atoms with Crippen LogP contribution in [0.15, 0.2) is 40.4 Å². The molecule has 7 heteroatoms. The molecule has 0 bridgehead atoms. The molecule has 0 aliphatic rings. The number of aromatic nitrogens is 2. The summed E-state index contributed by atoms with van der Waals surface area (Å²) in [6.07, 6.45) is 2.00. The minimum atomic E-state index is -0.0954. The SMILES string of the molecule is CSc1cccc(NC(=O)CSc2nc(C)cc(N)n2)c1. The molecule has 110 valence electrons. The molecule has 2 aromatic rings. The van der Waals surface area contributed by atoms with Gasteiger partial charge in [0.15, 0.2) is 5.16 Å². The maximum absolute atomic E-state index is 11.9. The van der Waals surface area contributed by atoms with Gasteiger partial charge in [0.2, 0.25) is 5.91 Å². The maximum atomic E-state index is 11.9. The predicted molar refractivity (Wildman–Crippen MR) is 88.8 cm³/mol. The summed E-state index contributed by atoms with van der Waals surface area (Å²) >= 11 is 2.90. The zero-order valence-corrected chi connectivity index (χ0v) is 13.4. The highest BCUT2D eigenvalue weighted by Crippen LogP contribution is 2.20. The van der Waals surface area contributed by atoms with Crippen molar-refractivity contribution in [2.45, 2.75) is 17.0 Å². The van der Waals surface area contributed by atoms with Crippen molar-refractivity contribution in [1.29, 1.82) is 0 Å². The van der Waals surface area contributed by atoms with Crippen molar-refractivity contribution in [3.05, 3.63) is 36.0 Å². The standard InChI is InChI=1S/C14H16N4OS2/c1-9-6-12(15)18-14(16-9)21-8-13(19)17-10-4-3-5-11(7-10)20-2/h3-7H,8H2,1-2H3,(H,17,19)(H2,15,16,18). The Balaban J connectivity index is 1.92. The molecular weight excluding hydrogens is 304 g/mol. The van der Waals surface area contributed by atoms with E-state index in [2.05, 4.69) is 15.3 Å². The molecule has 0 aliphatic carbocycles. The molecule has 1 aromatic carbocycles. The van der Waals surface area contributed by atoms with Gasteiger partial charge in [-0.1, -0.05) is 17.8 Å². The van der Waals surface area contributed by atoms with Crippen molar-refractivity contribution in [3.8, 4) is 0 Å². The molecule has 0 saturated carbocycles. The Morgan fingerprint density at radius 3 is 2.86 bits per heavy atom. The van der Waals surface area contributed by atoms with Gasteiger partial charge in [0, 0.05) is 22.3 Å². The average molecular weight is 320 g/mol. The first-order valence-corrected chi connectivity index (χ1v) is 8.46. The third kappa shape index (κ3) is 4.95. The molecule has 2 rings (SSSR count). The minimum absolute atomic E-state index is 0.0954. The fraction of sp³-hybridized carbons (Fsp3) is 0.214. The van der Waals surface area contributed by atoms with Gasteiger partial charge in [-0.2, -0.15) is 0 Å². The second-order valence-electron chi connectivity index (χ2n) is 4.29. The number of anilines is 2. The van der Waals surface area contributed by atoms with Crippen LogP contribution in [0, 0.1) is 6.92 Å². The number of hydrogen-bond donors (Lipinski definition) is 2. The van der Waals surface area contributed by atoms with Gasteiger partial charge in [-0.3, -0.25) is 4.79 Å². The summed E-state index contributed by atoms with van der Waals surface area (Å²) in [4.78, 5) is 21.4. The van der Waals surface area contributed by atoms with E-state index in [1.165, 1.54) is 11.8 Å². The lowest BCUT2D eigenvalue weighted by Crippen LogP contribution is -2.14. The number of amides is 1. The number of hydrogen-bond acceptors (Lipinski definition) is 6. The smallest absolute Gasteiger partial charge is 0.234 e. The number of nitrogens with two attached hydrogens (primary N) is 1. The van der Waals surface area contributed by atoms with E-state index in [0.29, 0.717) is 11.0 Å². The molecule has 0 spiro atoms. The number of carbonyl (C=O) groups is 1. The molecule has 1 aromatic heterocycles. The Hall–Kier alpha value is -1.73. The van der Waals surface area contributed by atoms with E-state index >= 15 is 0 Å². The van der Waals surface area contributed by atoms with E-state index in [-0.39, 0.29) is 11.7 Å². The van der Waals surface area contributed by atoms with Gasteiger partial charge in [-0.25, -0.2) is 9.97 Å². The Morgan fingerprint density at radius 1 is 1.33 bits per heavy atom. The van der Waals surface area contributed by atoms with Gasteiger partial charge in [0.05, 0.1) is 5.75 Å². The van der Waals surface area contributed by atoms with Gasteiger partial charge in [-0.15, -0.1) is 11.8 Å². The van der Waals surface area contributed by atoms with Crippen LogP contribution in [-0.4, -0.2) is 27.9 Å². The monoisotopic (exact) mass is 320 g/mol. The fourth-order valence-electron chi connectivity index (χ4n) is 1.66. The molecule has 5 nitrogen and oxygen atoms in total. The first kappa shape index (κ1) is 15.7. The number of thioether (sulfide) groups is 2. The minimum Gasteiger partial charge on any atom is -0.384 e. The number of nitrogen functional groups attached to an aromatic ring is 1. The topological polar surface area (TPSA) is 80.9 Å². The van der Waals surface area contributed by atoms with Gasteiger partial charge in [0.25, 0.3) is 0 Å². The molecule has 0 aliphatic heterocycles. The Kier molecular flexibility index (Phi) is 5.46. The van der Waals surface area contributed by atoms with E-state index in [0.717, 1.165) is 16.3 Å². The predicted octanol–water partition coefficient (Wildman–Crippen LogP) is 2.82. The van der Waals surface area contributed by atoms with Crippen LogP contribution in [0.1, 0.15) is 5.69 Å². The molecule has 21 heavy (non-hydrogen) atoms. The maximum Gasteiger partial charge on any atom is 0.234 e. The Labute approximate surface area is 132 Å². The molecule has 0 unspecified atom stereocenters. The third-order valence-electron chi connectivity index (χ3n) is 2.54. The van der Waals surface area contributed by atoms with Crippen LogP contribution in [0.2, 0.25) is 0 Å². The molecule has 3 N–H and O–H groups in total. The molecule has 1 heterocycles. The van der Waals surface area contributed by atoms with Gasteiger partial charge in [0.1, 0.15) is 5.82 Å². The highest BCUT2D eigenvalue weighted by Gasteiger charge is 2.07. The van der Waals surface area contributed by atoms with Crippen molar-refractivity contribution in [2.24, 2.45) is 0 Å². The van der Waals surface area contributed by atoms with E-state index < -0.39 is 0 Å². The van der Waals surface area contributed by atoms with Crippen molar-refractivity contribution in [1.82, 2.24) is 9.97 Å². The molecule has 0 atom stereocenters. The number of carbonyl (C=O) groups excluding carboxylic acids is 1. The molecule has 0 radical (unpaired) electrons. The lowest BCUT2D eigenvalue weighted by molar-refractivity contribution is -0.113. The Bertz CT molecular complexity index is 628. The first-order valence-electron chi connectivity index (χ1n) is 6.24. The van der Waals surface area contributed by atoms with Crippen LogP contribution in [0.3, 0.4) is 0 Å². The van der Waals surface area contributed by atoms with Crippen LogP contribution >= 0.6 is 23.5 Å². The van der Waals surface area contributed by atoms with Crippen LogP contribution < -0.4 is 11.1 Å². The molecule has 1 amide bonds. The molecular formula is C14H16N4OS2. The van der Waals surface area contributed by atoms with Crippen molar-refractivity contribution < 1.29 is 4.79 Å². The van der Waals surface area contributed by atoms with Crippen molar-refractivity contribution in [2.75, 3.05) is 23.1 Å². The third-order valence-corrected chi connectivity index (χ3v) is 4.11. The Morgan fingerprint density at radius 2 is 2.14 bits per heavy atom. The lowest BCUT2D eigenvalue weighted by atomic mass is 10.3. The number of nitrogens with zero attached hydrogens (tertiary/aromatic N) is 2. The fourth-order valence-corrected chi connectivity index (χ4v) is 2.83. The first-order chi connectivity index (χ1) is 10.1. The molecule has 0 saturated heterocycles. The van der Waals surface area contributed by atoms with Crippen LogP contribution in [0.4, 0.5) is 11.5 Å². The number of rotatable bonds is 5. The van der Waals surface area contributed by atoms with Crippen molar-refractivity contribution >= 4 is 40.9 Å². The van der Waals surface area contributed by atoms with E-state index in [9.17, 15) is 4.79 Å². The second kappa shape index (κ2) is 7.33. The van der Waals surface area contributed by atoms with Crippen LogP contribution in [0.5, 0.6) is 0 Å². The molecule has 0 fully saturated rings. The quantitative estimate of drug-likeness (QED) is 0.651.